The van der Waals surface area contributed by atoms with E-state index in [1.165, 1.54) is 6.33 Å². The van der Waals surface area contributed by atoms with Gasteiger partial charge in [0.05, 0.1) is 24.3 Å². The van der Waals surface area contributed by atoms with E-state index in [-0.39, 0.29) is 5.79 Å². The van der Waals surface area contributed by atoms with Crippen molar-refractivity contribution < 1.29 is 9.47 Å². The Bertz CT molecular complexity index is 1310. The third kappa shape index (κ3) is 3.86. The van der Waals surface area contributed by atoms with Crippen molar-refractivity contribution in [1.82, 2.24) is 19.9 Å². The van der Waals surface area contributed by atoms with Crippen LogP contribution < -0.4 is 10.6 Å². The molecule has 0 radical (unpaired) electrons. The van der Waals surface area contributed by atoms with Gasteiger partial charge in [-0.25, -0.2) is 19.9 Å². The minimum Gasteiger partial charge on any atom is -0.383 e. The molecule has 0 bridgehead atoms. The van der Waals surface area contributed by atoms with Crippen LogP contribution in [0.2, 0.25) is 0 Å². The number of nitrogens with two attached hydrogens (primary N) is 1. The Hall–Kier alpha value is -2.66. The molecule has 8 nitrogen and oxygen atoms in total. The number of nitrogen functional groups attached to an aromatic ring is 1. The molecule has 168 valence electrons. The first kappa shape index (κ1) is 20.9. The quantitative estimate of drug-likeness (QED) is 0.418. The van der Waals surface area contributed by atoms with Crippen LogP contribution >= 0.6 is 27.3 Å². The summed E-state index contributed by atoms with van der Waals surface area (Å²) in [6, 6.07) is 8.21. The SMILES string of the molecule is Nc1ncnc2nc(-c3ccc(N4CCC5(CC4)OCCO5)nc3)cc(-c3cc(Br)cs3)c12. The summed E-state index contributed by atoms with van der Waals surface area (Å²) >= 11 is 5.17. The summed E-state index contributed by atoms with van der Waals surface area (Å²) in [5.74, 6) is 0.981. The van der Waals surface area contributed by atoms with Crippen LogP contribution in [0.5, 0.6) is 0 Å². The number of rotatable bonds is 3. The first-order valence-electron chi connectivity index (χ1n) is 10.8. The summed E-state index contributed by atoms with van der Waals surface area (Å²) in [7, 11) is 0. The largest absolute Gasteiger partial charge is 0.383 e. The van der Waals surface area contributed by atoms with E-state index in [9.17, 15) is 0 Å². The highest BCUT2D eigenvalue weighted by Crippen LogP contribution is 2.38. The molecule has 2 aliphatic rings. The number of thiophene rings is 1. The van der Waals surface area contributed by atoms with Crippen molar-refractivity contribution in [1.29, 1.82) is 0 Å². The number of hydrogen-bond acceptors (Lipinski definition) is 9. The van der Waals surface area contributed by atoms with Gasteiger partial charge in [0.25, 0.3) is 0 Å². The van der Waals surface area contributed by atoms with Crippen molar-refractivity contribution in [3.63, 3.8) is 0 Å². The number of anilines is 2. The molecule has 2 fully saturated rings. The second-order valence-corrected chi connectivity index (χ2v) is 9.97. The van der Waals surface area contributed by atoms with Crippen molar-refractivity contribution in [2.45, 2.75) is 18.6 Å². The lowest BCUT2D eigenvalue weighted by atomic mass is 10.0. The van der Waals surface area contributed by atoms with Crippen molar-refractivity contribution in [2.24, 2.45) is 0 Å². The van der Waals surface area contributed by atoms with E-state index in [1.807, 2.05) is 23.7 Å². The smallest absolute Gasteiger partial charge is 0.171 e. The normalized spacial score (nSPS) is 17.8. The van der Waals surface area contributed by atoms with Gasteiger partial charge in [0.15, 0.2) is 11.4 Å². The minimum absolute atomic E-state index is 0.387. The maximum absolute atomic E-state index is 6.20. The van der Waals surface area contributed by atoms with Gasteiger partial charge in [0.2, 0.25) is 0 Å². The minimum atomic E-state index is -0.387. The summed E-state index contributed by atoms with van der Waals surface area (Å²) in [5.41, 5.74) is 9.45. The second kappa shape index (κ2) is 8.28. The van der Waals surface area contributed by atoms with Gasteiger partial charge in [-0.2, -0.15) is 0 Å². The highest BCUT2D eigenvalue weighted by Gasteiger charge is 2.40. The lowest BCUT2D eigenvalue weighted by molar-refractivity contribution is -0.169. The van der Waals surface area contributed by atoms with Gasteiger partial charge in [-0.15, -0.1) is 11.3 Å². The van der Waals surface area contributed by atoms with E-state index in [2.05, 4.69) is 42.9 Å². The summed E-state index contributed by atoms with van der Waals surface area (Å²) < 4.78 is 12.7. The predicted molar refractivity (Wildman–Crippen MR) is 132 cm³/mol. The van der Waals surface area contributed by atoms with Crippen LogP contribution in [-0.2, 0) is 9.47 Å². The molecule has 0 amide bonds. The second-order valence-electron chi connectivity index (χ2n) is 8.14. The molecule has 0 atom stereocenters. The zero-order valence-electron chi connectivity index (χ0n) is 17.7. The van der Waals surface area contributed by atoms with Crippen LogP contribution in [0, 0.1) is 0 Å². The Balaban J connectivity index is 1.32. The highest BCUT2D eigenvalue weighted by atomic mass is 79.9. The van der Waals surface area contributed by atoms with Crippen LogP contribution in [0.1, 0.15) is 12.8 Å². The molecule has 4 aromatic heterocycles. The molecule has 4 aromatic rings. The van der Waals surface area contributed by atoms with Gasteiger partial charge in [-0.3, -0.25) is 0 Å². The van der Waals surface area contributed by atoms with E-state index in [4.69, 9.17) is 25.2 Å². The molecular weight excluding hydrogens is 504 g/mol. The van der Waals surface area contributed by atoms with Crippen LogP contribution in [0.25, 0.3) is 32.7 Å². The number of ether oxygens (including phenoxy) is 2. The van der Waals surface area contributed by atoms with Crippen LogP contribution in [0.4, 0.5) is 11.6 Å². The van der Waals surface area contributed by atoms with Gasteiger partial charge in [-0.05, 0) is 40.2 Å². The third-order valence-electron chi connectivity index (χ3n) is 6.17. The monoisotopic (exact) mass is 524 g/mol. The molecule has 0 saturated carbocycles. The fourth-order valence-corrected chi connectivity index (χ4v) is 5.92. The topological polar surface area (TPSA) is 99.3 Å². The van der Waals surface area contributed by atoms with E-state index in [0.29, 0.717) is 24.7 Å². The Morgan fingerprint density at radius 1 is 1.06 bits per heavy atom. The lowest BCUT2D eigenvalue weighted by Gasteiger charge is -2.38. The summed E-state index contributed by atoms with van der Waals surface area (Å²) in [6.07, 6.45) is 5.02. The van der Waals surface area contributed by atoms with E-state index in [1.54, 1.807) is 11.3 Å². The van der Waals surface area contributed by atoms with Gasteiger partial charge >= 0.3 is 0 Å². The predicted octanol–water partition coefficient (Wildman–Crippen LogP) is 4.50. The third-order valence-corrected chi connectivity index (χ3v) is 7.90. The van der Waals surface area contributed by atoms with Crippen molar-refractivity contribution in [2.75, 3.05) is 36.9 Å². The van der Waals surface area contributed by atoms with Crippen LogP contribution in [-0.4, -0.2) is 52.0 Å². The molecule has 0 aromatic carbocycles. The van der Waals surface area contributed by atoms with Gasteiger partial charge in [-0.1, -0.05) is 0 Å². The molecule has 10 heteroatoms. The highest BCUT2D eigenvalue weighted by molar-refractivity contribution is 9.10. The van der Waals surface area contributed by atoms with Crippen molar-refractivity contribution in [3.8, 4) is 21.7 Å². The Labute approximate surface area is 202 Å². The Morgan fingerprint density at radius 3 is 2.58 bits per heavy atom. The number of nitrogens with zero attached hydrogens (tertiary/aromatic N) is 5. The number of hydrogen-bond donors (Lipinski definition) is 1. The van der Waals surface area contributed by atoms with E-state index >= 15 is 0 Å². The Morgan fingerprint density at radius 2 is 1.88 bits per heavy atom. The van der Waals surface area contributed by atoms with E-state index < -0.39 is 0 Å². The average Bonchev–Trinajstić information content (AvgIpc) is 3.48. The standard InChI is InChI=1S/C23H21BrN6O2S/c24-15-9-18(33-12-15)16-10-17(29-22-20(16)21(25)27-13-28-22)14-1-2-19(26-11-14)30-5-3-23(4-6-30)31-7-8-32-23/h1-2,9-13H,3-8H2,(H2,25,27,28,29). The zero-order valence-corrected chi connectivity index (χ0v) is 20.1. The molecule has 2 N–H and O–H groups in total. The average molecular weight is 525 g/mol. The van der Waals surface area contributed by atoms with Gasteiger partial charge < -0.3 is 20.1 Å². The maximum atomic E-state index is 6.20. The lowest BCUT2D eigenvalue weighted by Crippen LogP contribution is -2.45. The molecule has 0 unspecified atom stereocenters. The van der Waals surface area contributed by atoms with Gasteiger partial charge in [0, 0.05) is 58.0 Å². The number of fused-ring (bicyclic) bond motifs is 1. The first-order valence-corrected chi connectivity index (χ1v) is 12.4. The summed E-state index contributed by atoms with van der Waals surface area (Å²) in [6.45, 7) is 3.09. The van der Waals surface area contributed by atoms with Gasteiger partial charge in [0.1, 0.15) is 18.0 Å². The van der Waals surface area contributed by atoms with Crippen LogP contribution in [0.15, 0.2) is 46.6 Å². The molecular formula is C23H21BrN6O2S. The molecule has 33 heavy (non-hydrogen) atoms. The number of halogens is 1. The summed E-state index contributed by atoms with van der Waals surface area (Å²) in [4.78, 5) is 21.4. The molecule has 6 rings (SSSR count). The fraction of sp³-hybridized carbons (Fsp3) is 0.304. The molecule has 1 spiro atoms. The maximum Gasteiger partial charge on any atom is 0.171 e. The molecule has 2 saturated heterocycles. The van der Waals surface area contributed by atoms with Crippen molar-refractivity contribution in [3.05, 3.63) is 46.6 Å². The Kier molecular flexibility index (Phi) is 5.25. The fourth-order valence-electron chi connectivity index (χ4n) is 4.47. The number of aromatic nitrogens is 4. The summed E-state index contributed by atoms with van der Waals surface area (Å²) in [5, 5.41) is 2.81. The number of piperidine rings is 1. The molecule has 2 aliphatic heterocycles. The molecule has 6 heterocycles. The number of pyridine rings is 2. The van der Waals surface area contributed by atoms with Crippen LogP contribution in [0.3, 0.4) is 0 Å². The zero-order chi connectivity index (χ0) is 22.4. The first-order chi connectivity index (χ1) is 16.1. The van der Waals surface area contributed by atoms with Crippen molar-refractivity contribution >= 4 is 49.9 Å². The molecule has 0 aliphatic carbocycles. The van der Waals surface area contributed by atoms with E-state index in [0.717, 1.165) is 63.3 Å².